The Labute approximate surface area is 79.5 Å². The summed E-state index contributed by atoms with van der Waals surface area (Å²) in [6.45, 7) is 5.54. The zero-order valence-corrected chi connectivity index (χ0v) is 8.63. The highest BCUT2D eigenvalue weighted by Gasteiger charge is 1.97. The van der Waals surface area contributed by atoms with Crippen LogP contribution >= 0.6 is 0 Å². The van der Waals surface area contributed by atoms with Crippen molar-refractivity contribution in [3.05, 3.63) is 29.8 Å². The number of Topliss-reactive ketones (excluding diaryl/α,β-unsaturated/α-hetero) is 1. The van der Waals surface area contributed by atoms with Gasteiger partial charge in [-0.1, -0.05) is 13.8 Å². The van der Waals surface area contributed by atoms with Crippen molar-refractivity contribution >= 4 is 5.78 Å². The zero-order chi connectivity index (χ0) is 10.3. The van der Waals surface area contributed by atoms with Crippen LogP contribution in [-0.4, -0.2) is 12.9 Å². The molecule has 1 rings (SSSR count). The lowest BCUT2D eigenvalue weighted by Crippen LogP contribution is -1.91. The predicted molar refractivity (Wildman–Crippen MR) is 54.3 cm³/mol. The first-order valence-corrected chi connectivity index (χ1v) is 4.39. The van der Waals surface area contributed by atoms with E-state index in [4.69, 9.17) is 4.74 Å². The fraction of sp³-hybridized carbons (Fsp3) is 0.364. The van der Waals surface area contributed by atoms with Crippen molar-refractivity contribution in [3.8, 4) is 5.75 Å². The SMILES string of the molecule is CC.COc1ccc(C(C)=O)cc1. The molecule has 1 aromatic rings. The van der Waals surface area contributed by atoms with Crippen LogP contribution in [0, 0.1) is 0 Å². The number of hydrogen-bond donors (Lipinski definition) is 0. The number of methoxy groups -OCH3 is 1. The first-order chi connectivity index (χ1) is 6.24. The number of ketones is 1. The van der Waals surface area contributed by atoms with Crippen molar-refractivity contribution in [1.29, 1.82) is 0 Å². The summed E-state index contributed by atoms with van der Waals surface area (Å²) >= 11 is 0. The van der Waals surface area contributed by atoms with E-state index < -0.39 is 0 Å². The molecule has 0 fully saturated rings. The van der Waals surface area contributed by atoms with Crippen LogP contribution in [0.15, 0.2) is 24.3 Å². The molecule has 0 saturated carbocycles. The summed E-state index contributed by atoms with van der Waals surface area (Å²) in [5.74, 6) is 0.850. The average Bonchev–Trinajstić information content (AvgIpc) is 2.21. The predicted octanol–water partition coefficient (Wildman–Crippen LogP) is 2.92. The van der Waals surface area contributed by atoms with Gasteiger partial charge in [0.15, 0.2) is 5.78 Å². The summed E-state index contributed by atoms with van der Waals surface area (Å²) in [4.78, 5) is 10.8. The van der Waals surface area contributed by atoms with Crippen LogP contribution in [-0.2, 0) is 0 Å². The molecule has 1 aromatic carbocycles. The monoisotopic (exact) mass is 180 g/mol. The minimum Gasteiger partial charge on any atom is -0.497 e. The third-order valence-corrected chi connectivity index (χ3v) is 1.50. The molecule has 0 aliphatic rings. The van der Waals surface area contributed by atoms with E-state index in [0.717, 1.165) is 5.75 Å². The maximum Gasteiger partial charge on any atom is 0.159 e. The van der Waals surface area contributed by atoms with Gasteiger partial charge in [-0.25, -0.2) is 0 Å². The smallest absolute Gasteiger partial charge is 0.159 e. The summed E-state index contributed by atoms with van der Waals surface area (Å²) in [7, 11) is 1.60. The molecule has 0 aromatic heterocycles. The Hall–Kier alpha value is -1.31. The molecule has 0 atom stereocenters. The second kappa shape index (κ2) is 6.23. The third kappa shape index (κ3) is 3.74. The Morgan fingerprint density at radius 3 is 1.92 bits per heavy atom. The van der Waals surface area contributed by atoms with Crippen LogP contribution in [0.4, 0.5) is 0 Å². The van der Waals surface area contributed by atoms with E-state index in [2.05, 4.69) is 0 Å². The van der Waals surface area contributed by atoms with Gasteiger partial charge < -0.3 is 4.74 Å². The quantitative estimate of drug-likeness (QED) is 0.654. The van der Waals surface area contributed by atoms with Crippen molar-refractivity contribution in [2.45, 2.75) is 20.8 Å². The van der Waals surface area contributed by atoms with Crippen molar-refractivity contribution in [3.63, 3.8) is 0 Å². The molecule has 0 N–H and O–H groups in total. The van der Waals surface area contributed by atoms with E-state index in [9.17, 15) is 4.79 Å². The second-order valence-electron chi connectivity index (χ2n) is 2.28. The molecule has 0 bridgehead atoms. The molecule has 0 aliphatic heterocycles. The summed E-state index contributed by atoms with van der Waals surface area (Å²) in [6.07, 6.45) is 0. The fourth-order valence-corrected chi connectivity index (χ4v) is 0.826. The maximum atomic E-state index is 10.8. The van der Waals surface area contributed by atoms with Crippen LogP contribution < -0.4 is 4.74 Å². The van der Waals surface area contributed by atoms with Gasteiger partial charge in [0.05, 0.1) is 7.11 Å². The van der Waals surface area contributed by atoms with Gasteiger partial charge >= 0.3 is 0 Å². The molecule has 2 heteroatoms. The minimum absolute atomic E-state index is 0.0765. The molecule has 0 heterocycles. The van der Waals surface area contributed by atoms with Crippen LogP contribution in [0.25, 0.3) is 0 Å². The molecule has 0 radical (unpaired) electrons. The van der Waals surface area contributed by atoms with Gasteiger partial charge in [0.25, 0.3) is 0 Å². The van der Waals surface area contributed by atoms with Crippen LogP contribution in [0.5, 0.6) is 5.75 Å². The molecule has 0 aliphatic carbocycles. The molecule has 13 heavy (non-hydrogen) atoms. The lowest BCUT2D eigenvalue weighted by Gasteiger charge is -1.98. The summed E-state index contributed by atoms with van der Waals surface area (Å²) in [6, 6.07) is 7.05. The number of hydrogen-bond acceptors (Lipinski definition) is 2. The summed E-state index contributed by atoms with van der Waals surface area (Å²) in [5.41, 5.74) is 0.714. The number of benzene rings is 1. The lowest BCUT2D eigenvalue weighted by atomic mass is 10.1. The average molecular weight is 180 g/mol. The van der Waals surface area contributed by atoms with Crippen molar-refractivity contribution in [1.82, 2.24) is 0 Å². The molecule has 0 saturated heterocycles. The van der Waals surface area contributed by atoms with Crippen LogP contribution in [0.2, 0.25) is 0 Å². The van der Waals surface area contributed by atoms with Crippen LogP contribution in [0.3, 0.4) is 0 Å². The maximum absolute atomic E-state index is 10.8. The highest BCUT2D eigenvalue weighted by molar-refractivity contribution is 5.94. The Balaban J connectivity index is 0.000000671. The van der Waals surface area contributed by atoms with Gasteiger partial charge in [0.1, 0.15) is 5.75 Å². The minimum atomic E-state index is 0.0765. The molecule has 2 nitrogen and oxygen atoms in total. The largest absolute Gasteiger partial charge is 0.497 e. The molecule has 0 unspecified atom stereocenters. The van der Waals surface area contributed by atoms with Crippen LogP contribution in [0.1, 0.15) is 31.1 Å². The number of ether oxygens (including phenoxy) is 1. The molecule has 0 amide bonds. The third-order valence-electron chi connectivity index (χ3n) is 1.50. The molecule has 0 spiro atoms. The Morgan fingerprint density at radius 2 is 1.62 bits per heavy atom. The summed E-state index contributed by atoms with van der Waals surface area (Å²) in [5, 5.41) is 0. The van der Waals surface area contributed by atoms with Gasteiger partial charge in [-0.15, -0.1) is 0 Å². The van der Waals surface area contributed by atoms with E-state index in [1.165, 1.54) is 0 Å². The van der Waals surface area contributed by atoms with Gasteiger partial charge in [0, 0.05) is 5.56 Å². The van der Waals surface area contributed by atoms with E-state index in [1.54, 1.807) is 38.3 Å². The van der Waals surface area contributed by atoms with E-state index in [1.807, 2.05) is 13.8 Å². The highest BCUT2D eigenvalue weighted by atomic mass is 16.5. The number of carbonyl (C=O) groups is 1. The second-order valence-corrected chi connectivity index (χ2v) is 2.28. The van der Waals surface area contributed by atoms with Gasteiger partial charge in [0.2, 0.25) is 0 Å². The molecule has 72 valence electrons. The van der Waals surface area contributed by atoms with Gasteiger partial charge in [-0.3, -0.25) is 4.79 Å². The van der Waals surface area contributed by atoms with E-state index >= 15 is 0 Å². The first-order valence-electron chi connectivity index (χ1n) is 4.39. The standard InChI is InChI=1S/C9H10O2.C2H6/c1-7(10)8-3-5-9(11-2)6-4-8;1-2/h3-6H,1-2H3;1-2H3. The molecular formula is C11H16O2. The first kappa shape index (κ1) is 11.7. The van der Waals surface area contributed by atoms with Gasteiger partial charge in [-0.05, 0) is 31.2 Å². The van der Waals surface area contributed by atoms with E-state index in [0.29, 0.717) is 5.56 Å². The lowest BCUT2D eigenvalue weighted by molar-refractivity contribution is 0.101. The topological polar surface area (TPSA) is 26.3 Å². The van der Waals surface area contributed by atoms with Crippen molar-refractivity contribution < 1.29 is 9.53 Å². The Bertz CT molecular complexity index is 249. The number of carbonyl (C=O) groups excluding carboxylic acids is 1. The summed E-state index contributed by atoms with van der Waals surface area (Å²) < 4.78 is 4.94. The van der Waals surface area contributed by atoms with Gasteiger partial charge in [-0.2, -0.15) is 0 Å². The zero-order valence-electron chi connectivity index (χ0n) is 8.63. The molecular weight excluding hydrogens is 164 g/mol. The highest BCUT2D eigenvalue weighted by Crippen LogP contribution is 2.11. The Kier molecular flexibility index (Phi) is 5.60. The van der Waals surface area contributed by atoms with Crippen molar-refractivity contribution in [2.24, 2.45) is 0 Å². The number of rotatable bonds is 2. The fourth-order valence-electron chi connectivity index (χ4n) is 0.826. The normalized spacial score (nSPS) is 8.31. The van der Waals surface area contributed by atoms with E-state index in [-0.39, 0.29) is 5.78 Å². The Morgan fingerprint density at radius 1 is 1.15 bits per heavy atom. The van der Waals surface area contributed by atoms with Crippen molar-refractivity contribution in [2.75, 3.05) is 7.11 Å².